The Kier molecular flexibility index (Phi) is 4.96. The molecule has 0 saturated carbocycles. The lowest BCUT2D eigenvalue weighted by Gasteiger charge is -2.20. The number of nitrogens with two attached hydrogens (primary N) is 1. The van der Waals surface area contributed by atoms with Gasteiger partial charge in [-0.2, -0.15) is 0 Å². The normalized spacial score (nSPS) is 20.0. The van der Waals surface area contributed by atoms with Gasteiger partial charge in [-0.25, -0.2) is 0 Å². The van der Waals surface area contributed by atoms with Gasteiger partial charge in [-0.05, 0) is 24.1 Å². The van der Waals surface area contributed by atoms with Gasteiger partial charge in [0.05, 0.1) is 6.61 Å². The first kappa shape index (κ1) is 15.5. The molecule has 2 N–H and O–H groups in total. The van der Waals surface area contributed by atoms with Crippen LogP contribution in [0, 0.1) is 5.92 Å². The van der Waals surface area contributed by atoms with Gasteiger partial charge in [-0.15, -0.1) is 0 Å². The summed E-state index contributed by atoms with van der Waals surface area (Å²) in [4.78, 5) is 24.9. The molecule has 1 fully saturated rings. The minimum absolute atomic E-state index is 0.127. The maximum absolute atomic E-state index is 11.9. The van der Waals surface area contributed by atoms with Crippen molar-refractivity contribution in [3.05, 3.63) is 29.8 Å². The second-order valence-electron chi connectivity index (χ2n) is 5.47. The summed E-state index contributed by atoms with van der Waals surface area (Å²) < 4.78 is 5.51. The SMILES string of the molecule is CCCOc1ccc(C(N)CN2C(=O)CC(C)C2=O)cc1. The van der Waals surface area contributed by atoms with Gasteiger partial charge >= 0.3 is 0 Å². The van der Waals surface area contributed by atoms with E-state index in [0.29, 0.717) is 6.61 Å². The van der Waals surface area contributed by atoms with Crippen molar-refractivity contribution in [2.75, 3.05) is 13.2 Å². The molecule has 0 bridgehead atoms. The number of ether oxygens (including phenoxy) is 1. The van der Waals surface area contributed by atoms with Gasteiger partial charge in [0, 0.05) is 24.9 Å². The van der Waals surface area contributed by atoms with Gasteiger partial charge < -0.3 is 10.5 Å². The molecule has 0 aromatic heterocycles. The molecule has 1 heterocycles. The number of rotatable bonds is 6. The van der Waals surface area contributed by atoms with Crippen LogP contribution in [0.3, 0.4) is 0 Å². The Morgan fingerprint density at radius 1 is 1.33 bits per heavy atom. The van der Waals surface area contributed by atoms with Crippen LogP contribution in [0.25, 0.3) is 0 Å². The van der Waals surface area contributed by atoms with Gasteiger partial charge in [-0.3, -0.25) is 14.5 Å². The van der Waals surface area contributed by atoms with Crippen molar-refractivity contribution in [3.8, 4) is 5.75 Å². The standard InChI is InChI=1S/C16H22N2O3/c1-3-8-21-13-6-4-12(5-7-13)14(17)10-18-15(19)9-11(2)16(18)20/h4-7,11,14H,3,8-10,17H2,1-2H3. The molecule has 2 unspecified atom stereocenters. The predicted octanol–water partition coefficient (Wildman–Crippen LogP) is 1.87. The summed E-state index contributed by atoms with van der Waals surface area (Å²) in [5.74, 6) is 0.313. The third kappa shape index (κ3) is 3.61. The molecular weight excluding hydrogens is 268 g/mol. The molecule has 2 atom stereocenters. The van der Waals surface area contributed by atoms with E-state index >= 15 is 0 Å². The van der Waals surface area contributed by atoms with Crippen molar-refractivity contribution in [1.82, 2.24) is 4.90 Å². The fourth-order valence-corrected chi connectivity index (χ4v) is 2.37. The number of amides is 2. The molecule has 2 amide bonds. The van der Waals surface area contributed by atoms with Crippen LogP contribution in [0.2, 0.25) is 0 Å². The molecule has 0 radical (unpaired) electrons. The fraction of sp³-hybridized carbons (Fsp3) is 0.500. The molecule has 5 nitrogen and oxygen atoms in total. The first-order chi connectivity index (χ1) is 10.0. The smallest absolute Gasteiger partial charge is 0.232 e. The molecule has 5 heteroatoms. The maximum atomic E-state index is 11.9. The molecule has 1 saturated heterocycles. The lowest BCUT2D eigenvalue weighted by Crippen LogP contribution is -2.36. The van der Waals surface area contributed by atoms with Crippen LogP contribution in [0.15, 0.2) is 24.3 Å². The molecule has 1 aromatic rings. The molecule has 1 aliphatic heterocycles. The second kappa shape index (κ2) is 6.72. The van der Waals surface area contributed by atoms with E-state index in [0.717, 1.165) is 17.7 Å². The van der Waals surface area contributed by atoms with E-state index in [4.69, 9.17) is 10.5 Å². The number of hydrogen-bond acceptors (Lipinski definition) is 4. The molecule has 0 spiro atoms. The highest BCUT2D eigenvalue weighted by Crippen LogP contribution is 2.23. The summed E-state index contributed by atoms with van der Waals surface area (Å²) >= 11 is 0. The van der Waals surface area contributed by atoms with Crippen molar-refractivity contribution < 1.29 is 14.3 Å². The molecule has 0 aliphatic carbocycles. The zero-order valence-corrected chi connectivity index (χ0v) is 12.5. The van der Waals surface area contributed by atoms with Crippen molar-refractivity contribution in [2.45, 2.75) is 32.7 Å². The monoisotopic (exact) mass is 290 g/mol. The third-order valence-electron chi connectivity index (χ3n) is 3.63. The number of benzene rings is 1. The zero-order chi connectivity index (χ0) is 15.4. The van der Waals surface area contributed by atoms with E-state index in [1.165, 1.54) is 4.90 Å². The highest BCUT2D eigenvalue weighted by molar-refractivity contribution is 6.03. The Morgan fingerprint density at radius 2 is 2.00 bits per heavy atom. The molecule has 1 aromatic carbocycles. The van der Waals surface area contributed by atoms with Gasteiger partial charge in [-0.1, -0.05) is 26.0 Å². The molecule has 21 heavy (non-hydrogen) atoms. The number of likely N-dealkylation sites (tertiary alicyclic amines) is 1. The van der Waals surface area contributed by atoms with E-state index in [2.05, 4.69) is 6.92 Å². The van der Waals surface area contributed by atoms with Gasteiger partial charge in [0.15, 0.2) is 0 Å². The zero-order valence-electron chi connectivity index (χ0n) is 12.5. The topological polar surface area (TPSA) is 72.6 Å². The molecule has 1 aliphatic rings. The van der Waals surface area contributed by atoms with Crippen LogP contribution < -0.4 is 10.5 Å². The van der Waals surface area contributed by atoms with Crippen molar-refractivity contribution >= 4 is 11.8 Å². The second-order valence-corrected chi connectivity index (χ2v) is 5.47. The first-order valence-electron chi connectivity index (χ1n) is 7.35. The number of carbonyl (C=O) groups is 2. The Labute approximate surface area is 125 Å². The minimum atomic E-state index is -0.372. The predicted molar refractivity (Wildman–Crippen MR) is 79.7 cm³/mol. The number of imide groups is 1. The van der Waals surface area contributed by atoms with E-state index < -0.39 is 0 Å². The van der Waals surface area contributed by atoms with Crippen LogP contribution in [0.5, 0.6) is 5.75 Å². The number of nitrogens with zero attached hydrogens (tertiary/aromatic N) is 1. The van der Waals surface area contributed by atoms with Crippen molar-refractivity contribution in [3.63, 3.8) is 0 Å². The average molecular weight is 290 g/mol. The Balaban J connectivity index is 1.98. The number of hydrogen-bond donors (Lipinski definition) is 1. The Bertz CT molecular complexity index is 513. The summed E-state index contributed by atoms with van der Waals surface area (Å²) in [7, 11) is 0. The van der Waals surface area contributed by atoms with E-state index in [-0.39, 0.29) is 36.7 Å². The van der Waals surface area contributed by atoms with Gasteiger partial charge in [0.25, 0.3) is 0 Å². The van der Waals surface area contributed by atoms with Crippen molar-refractivity contribution in [2.24, 2.45) is 11.7 Å². The quantitative estimate of drug-likeness (QED) is 0.812. The Hall–Kier alpha value is -1.88. The largest absolute Gasteiger partial charge is 0.494 e. The first-order valence-corrected chi connectivity index (χ1v) is 7.35. The molecular formula is C16H22N2O3. The van der Waals surface area contributed by atoms with E-state index in [9.17, 15) is 9.59 Å². The van der Waals surface area contributed by atoms with Gasteiger partial charge in [0.1, 0.15) is 5.75 Å². The fourth-order valence-electron chi connectivity index (χ4n) is 2.37. The van der Waals surface area contributed by atoms with Gasteiger partial charge in [0.2, 0.25) is 11.8 Å². The average Bonchev–Trinajstić information content (AvgIpc) is 2.72. The summed E-state index contributed by atoms with van der Waals surface area (Å²) in [6.45, 7) is 4.73. The summed E-state index contributed by atoms with van der Waals surface area (Å²) in [6.07, 6.45) is 1.24. The summed E-state index contributed by atoms with van der Waals surface area (Å²) in [5, 5.41) is 0. The summed E-state index contributed by atoms with van der Waals surface area (Å²) in [5.41, 5.74) is 7.00. The van der Waals surface area contributed by atoms with Crippen LogP contribution in [-0.2, 0) is 9.59 Å². The van der Waals surface area contributed by atoms with Crippen molar-refractivity contribution in [1.29, 1.82) is 0 Å². The van der Waals surface area contributed by atoms with E-state index in [1.807, 2.05) is 24.3 Å². The number of carbonyl (C=O) groups excluding carboxylic acids is 2. The molecule has 114 valence electrons. The van der Waals surface area contributed by atoms with Crippen LogP contribution in [0.1, 0.15) is 38.3 Å². The maximum Gasteiger partial charge on any atom is 0.232 e. The minimum Gasteiger partial charge on any atom is -0.494 e. The lowest BCUT2D eigenvalue weighted by atomic mass is 10.1. The summed E-state index contributed by atoms with van der Waals surface area (Å²) in [6, 6.07) is 7.11. The van der Waals surface area contributed by atoms with Crippen LogP contribution >= 0.6 is 0 Å². The molecule has 2 rings (SSSR count). The lowest BCUT2D eigenvalue weighted by molar-refractivity contribution is -0.139. The highest BCUT2D eigenvalue weighted by atomic mass is 16.5. The third-order valence-corrected chi connectivity index (χ3v) is 3.63. The Morgan fingerprint density at radius 3 is 2.52 bits per heavy atom. The van der Waals surface area contributed by atoms with Crippen LogP contribution in [-0.4, -0.2) is 29.9 Å². The highest BCUT2D eigenvalue weighted by Gasteiger charge is 2.36. The van der Waals surface area contributed by atoms with Crippen LogP contribution in [0.4, 0.5) is 0 Å². The van der Waals surface area contributed by atoms with E-state index in [1.54, 1.807) is 6.92 Å².